The van der Waals surface area contributed by atoms with E-state index in [9.17, 15) is 4.79 Å². The van der Waals surface area contributed by atoms with E-state index in [1.165, 1.54) is 0 Å². The number of tetrazole rings is 1. The Labute approximate surface area is 147 Å². The fourth-order valence-electron chi connectivity index (χ4n) is 3.31. The molecule has 3 rings (SSSR count). The van der Waals surface area contributed by atoms with Crippen molar-refractivity contribution in [2.75, 3.05) is 19.7 Å². The van der Waals surface area contributed by atoms with Gasteiger partial charge in [-0.2, -0.15) is 4.80 Å². The molecule has 0 aliphatic carbocycles. The first kappa shape index (κ1) is 17.1. The van der Waals surface area contributed by atoms with Crippen LogP contribution in [0.3, 0.4) is 0 Å². The lowest BCUT2D eigenvalue weighted by molar-refractivity contribution is 0.0897. The molecular weight excluding hydrogens is 318 g/mol. The van der Waals surface area contributed by atoms with Crippen LogP contribution in [0.2, 0.25) is 0 Å². The van der Waals surface area contributed by atoms with Crippen molar-refractivity contribution in [3.8, 4) is 0 Å². The van der Waals surface area contributed by atoms with E-state index < -0.39 is 0 Å². The standard InChI is InChI=1S/C18H23N5O2/c1-3-12-23-20-16(19-21-23)18(15-8-6-5-7-9-15)10-13-22(14-11-18)17(24)25-4-2/h3,5-9H,1,4,10-14H2,2H3. The minimum atomic E-state index is -0.344. The smallest absolute Gasteiger partial charge is 0.409 e. The van der Waals surface area contributed by atoms with Gasteiger partial charge in [-0.05, 0) is 30.5 Å². The van der Waals surface area contributed by atoms with E-state index in [4.69, 9.17) is 4.74 Å². The first-order valence-electron chi connectivity index (χ1n) is 8.56. The van der Waals surface area contributed by atoms with E-state index in [1.807, 2.05) is 25.1 Å². The molecule has 1 aromatic carbocycles. The van der Waals surface area contributed by atoms with Crippen molar-refractivity contribution in [1.82, 2.24) is 25.1 Å². The summed E-state index contributed by atoms with van der Waals surface area (Å²) < 4.78 is 5.13. The third-order valence-corrected chi connectivity index (χ3v) is 4.64. The summed E-state index contributed by atoms with van der Waals surface area (Å²) in [7, 11) is 0. The molecule has 7 heteroatoms. The van der Waals surface area contributed by atoms with Crippen molar-refractivity contribution in [3.63, 3.8) is 0 Å². The highest BCUT2D eigenvalue weighted by Crippen LogP contribution is 2.39. The van der Waals surface area contributed by atoms with Crippen LogP contribution in [0.4, 0.5) is 4.79 Å². The Bertz CT molecular complexity index is 720. The molecule has 0 unspecified atom stereocenters. The average molecular weight is 341 g/mol. The molecule has 2 heterocycles. The minimum absolute atomic E-state index is 0.257. The van der Waals surface area contributed by atoms with Crippen molar-refractivity contribution in [1.29, 1.82) is 0 Å². The second-order valence-electron chi connectivity index (χ2n) is 6.09. The number of amides is 1. The number of benzene rings is 1. The summed E-state index contributed by atoms with van der Waals surface area (Å²) in [5.74, 6) is 0.698. The molecule has 1 aromatic heterocycles. The van der Waals surface area contributed by atoms with Gasteiger partial charge in [0.05, 0.1) is 18.6 Å². The van der Waals surface area contributed by atoms with Crippen molar-refractivity contribution in [3.05, 3.63) is 54.4 Å². The van der Waals surface area contributed by atoms with Gasteiger partial charge in [-0.15, -0.1) is 16.8 Å². The maximum absolute atomic E-state index is 12.0. The van der Waals surface area contributed by atoms with Crippen molar-refractivity contribution < 1.29 is 9.53 Å². The van der Waals surface area contributed by atoms with Gasteiger partial charge in [0.15, 0.2) is 5.82 Å². The highest BCUT2D eigenvalue weighted by molar-refractivity contribution is 5.67. The van der Waals surface area contributed by atoms with E-state index >= 15 is 0 Å². The third kappa shape index (κ3) is 3.40. The SMILES string of the molecule is C=CCn1nnc(C2(c3ccccc3)CCN(C(=O)OCC)CC2)n1. The van der Waals surface area contributed by atoms with Gasteiger partial charge in [-0.25, -0.2) is 4.79 Å². The second-order valence-corrected chi connectivity index (χ2v) is 6.09. The topological polar surface area (TPSA) is 73.1 Å². The van der Waals surface area contributed by atoms with Gasteiger partial charge in [-0.1, -0.05) is 36.4 Å². The minimum Gasteiger partial charge on any atom is -0.450 e. The number of rotatable bonds is 5. The largest absolute Gasteiger partial charge is 0.450 e. The lowest BCUT2D eigenvalue weighted by atomic mass is 9.72. The van der Waals surface area contributed by atoms with Crippen LogP contribution >= 0.6 is 0 Å². The lowest BCUT2D eigenvalue weighted by Crippen LogP contribution is -2.46. The molecule has 0 saturated carbocycles. The normalized spacial score (nSPS) is 16.4. The number of nitrogens with zero attached hydrogens (tertiary/aromatic N) is 5. The van der Waals surface area contributed by atoms with Crippen LogP contribution in [0.15, 0.2) is 43.0 Å². The second kappa shape index (κ2) is 7.46. The summed E-state index contributed by atoms with van der Waals surface area (Å²) in [4.78, 5) is 15.3. The number of aromatic nitrogens is 4. The summed E-state index contributed by atoms with van der Waals surface area (Å²) in [5, 5.41) is 13.0. The van der Waals surface area contributed by atoms with E-state index in [0.29, 0.717) is 32.1 Å². The zero-order valence-electron chi connectivity index (χ0n) is 14.5. The first-order chi connectivity index (χ1) is 12.2. The number of hydrogen-bond donors (Lipinski definition) is 0. The molecule has 0 radical (unpaired) electrons. The Kier molecular flexibility index (Phi) is 5.11. The number of carbonyl (C=O) groups is 1. The number of likely N-dealkylation sites (tertiary alicyclic amines) is 1. The first-order valence-corrected chi connectivity index (χ1v) is 8.56. The van der Waals surface area contributed by atoms with E-state index in [1.54, 1.807) is 15.8 Å². The van der Waals surface area contributed by atoms with Gasteiger partial charge in [0.25, 0.3) is 0 Å². The van der Waals surface area contributed by atoms with E-state index in [-0.39, 0.29) is 11.5 Å². The summed E-state index contributed by atoms with van der Waals surface area (Å²) >= 11 is 0. The van der Waals surface area contributed by atoms with Crippen LogP contribution in [0.25, 0.3) is 0 Å². The molecule has 0 bridgehead atoms. The maximum atomic E-state index is 12.0. The Morgan fingerprint density at radius 3 is 2.68 bits per heavy atom. The molecule has 1 amide bonds. The summed E-state index contributed by atoms with van der Waals surface area (Å²) in [5.41, 5.74) is 0.806. The summed E-state index contributed by atoms with van der Waals surface area (Å²) in [6.45, 7) is 7.64. The lowest BCUT2D eigenvalue weighted by Gasteiger charge is -2.39. The summed E-state index contributed by atoms with van der Waals surface area (Å²) in [6, 6.07) is 10.2. The van der Waals surface area contributed by atoms with Gasteiger partial charge in [0.2, 0.25) is 0 Å². The van der Waals surface area contributed by atoms with Crippen molar-refractivity contribution >= 4 is 6.09 Å². The van der Waals surface area contributed by atoms with E-state index in [0.717, 1.165) is 18.4 Å². The highest BCUT2D eigenvalue weighted by atomic mass is 16.6. The number of allylic oxidation sites excluding steroid dienone is 1. The third-order valence-electron chi connectivity index (χ3n) is 4.64. The summed E-state index contributed by atoms with van der Waals surface area (Å²) in [6.07, 6.45) is 2.95. The Balaban J connectivity index is 1.89. The molecule has 0 spiro atoms. The van der Waals surface area contributed by atoms with Gasteiger partial charge in [0.1, 0.15) is 0 Å². The fraction of sp³-hybridized carbons (Fsp3) is 0.444. The van der Waals surface area contributed by atoms with Crippen LogP contribution in [0, 0.1) is 0 Å². The zero-order chi connectivity index (χ0) is 17.7. The fourth-order valence-corrected chi connectivity index (χ4v) is 3.31. The van der Waals surface area contributed by atoms with Crippen LogP contribution < -0.4 is 0 Å². The molecule has 7 nitrogen and oxygen atoms in total. The number of ether oxygens (including phenoxy) is 1. The van der Waals surface area contributed by atoms with Gasteiger partial charge < -0.3 is 9.64 Å². The molecule has 1 aliphatic rings. The molecule has 2 aromatic rings. The Morgan fingerprint density at radius 2 is 2.04 bits per heavy atom. The van der Waals surface area contributed by atoms with Crippen LogP contribution in [-0.4, -0.2) is 50.9 Å². The van der Waals surface area contributed by atoms with Gasteiger partial charge >= 0.3 is 6.09 Å². The van der Waals surface area contributed by atoms with Crippen LogP contribution in [-0.2, 0) is 16.7 Å². The molecule has 1 aliphatic heterocycles. The molecule has 132 valence electrons. The van der Waals surface area contributed by atoms with Gasteiger partial charge in [-0.3, -0.25) is 0 Å². The molecule has 25 heavy (non-hydrogen) atoms. The molecule has 0 atom stereocenters. The Hall–Kier alpha value is -2.70. The van der Waals surface area contributed by atoms with Crippen molar-refractivity contribution in [2.45, 2.75) is 31.7 Å². The van der Waals surface area contributed by atoms with Gasteiger partial charge in [0, 0.05) is 13.1 Å². The quantitative estimate of drug-likeness (QED) is 0.781. The highest BCUT2D eigenvalue weighted by Gasteiger charge is 2.42. The Morgan fingerprint density at radius 1 is 1.32 bits per heavy atom. The maximum Gasteiger partial charge on any atom is 0.409 e. The zero-order valence-corrected chi connectivity index (χ0v) is 14.5. The molecular formula is C18H23N5O2. The predicted molar refractivity (Wildman–Crippen MR) is 93.1 cm³/mol. The van der Waals surface area contributed by atoms with Crippen LogP contribution in [0.5, 0.6) is 0 Å². The van der Waals surface area contributed by atoms with E-state index in [2.05, 4.69) is 34.1 Å². The number of hydrogen-bond acceptors (Lipinski definition) is 5. The average Bonchev–Trinajstić information content (AvgIpc) is 3.12. The molecule has 1 fully saturated rings. The number of carbonyl (C=O) groups excluding carboxylic acids is 1. The van der Waals surface area contributed by atoms with Crippen molar-refractivity contribution in [2.24, 2.45) is 0 Å². The van der Waals surface area contributed by atoms with Crippen LogP contribution in [0.1, 0.15) is 31.2 Å². The molecule has 0 N–H and O–H groups in total. The number of piperidine rings is 1. The molecule has 1 saturated heterocycles. The monoisotopic (exact) mass is 341 g/mol. The predicted octanol–water partition coefficient (Wildman–Crippen LogP) is 2.40.